The molecule has 0 fully saturated rings. The standard InChI is InChI=1S/C21H23N3O5S/c1-13(2)15-7-4-6-14(3)19(15)22-17(25)12-28-18(26)9-10-24-21(27)29-20(23-24)16-8-5-11-30-16/h4-8,11,13H,9-10,12H2,1-3H3,(H,22,25). The molecule has 2 aromatic heterocycles. The van der Waals surface area contributed by atoms with Crippen molar-refractivity contribution >= 4 is 28.9 Å². The number of ether oxygens (including phenoxy) is 1. The van der Waals surface area contributed by atoms with Gasteiger partial charge < -0.3 is 14.5 Å². The number of esters is 1. The summed E-state index contributed by atoms with van der Waals surface area (Å²) in [5.74, 6) is -1.22. The maximum atomic E-state index is 12.2. The molecule has 0 unspecified atom stereocenters. The minimum atomic E-state index is -0.648. The lowest BCUT2D eigenvalue weighted by Crippen LogP contribution is -2.24. The van der Waals surface area contributed by atoms with Gasteiger partial charge in [0.05, 0.1) is 17.8 Å². The number of benzene rings is 1. The fourth-order valence-electron chi connectivity index (χ4n) is 2.88. The number of para-hydroxylation sites is 1. The molecule has 0 saturated heterocycles. The normalized spacial score (nSPS) is 10.9. The Hall–Kier alpha value is -3.20. The Morgan fingerprint density at radius 3 is 2.77 bits per heavy atom. The Kier molecular flexibility index (Phi) is 6.83. The number of amides is 1. The minimum absolute atomic E-state index is 0.00342. The van der Waals surface area contributed by atoms with E-state index in [1.165, 1.54) is 11.3 Å². The number of aryl methyl sites for hydroxylation is 2. The molecule has 2 heterocycles. The summed E-state index contributed by atoms with van der Waals surface area (Å²) in [6.45, 7) is 5.59. The molecule has 8 nitrogen and oxygen atoms in total. The molecule has 0 aliphatic heterocycles. The number of carbonyl (C=O) groups excluding carboxylic acids is 2. The van der Waals surface area contributed by atoms with Crippen LogP contribution in [0.4, 0.5) is 5.69 Å². The van der Waals surface area contributed by atoms with E-state index in [0.717, 1.165) is 26.4 Å². The number of hydrogen-bond acceptors (Lipinski definition) is 7. The highest BCUT2D eigenvalue weighted by Crippen LogP contribution is 2.27. The smallest absolute Gasteiger partial charge is 0.437 e. The second kappa shape index (κ2) is 9.53. The summed E-state index contributed by atoms with van der Waals surface area (Å²) in [6.07, 6.45) is -0.106. The van der Waals surface area contributed by atoms with E-state index < -0.39 is 24.2 Å². The monoisotopic (exact) mass is 429 g/mol. The van der Waals surface area contributed by atoms with Crippen molar-refractivity contribution < 1.29 is 18.7 Å². The van der Waals surface area contributed by atoms with Gasteiger partial charge in [0.25, 0.3) is 11.8 Å². The predicted octanol–water partition coefficient (Wildman–Crippen LogP) is 3.57. The van der Waals surface area contributed by atoms with Crippen molar-refractivity contribution in [3.63, 3.8) is 0 Å². The summed E-state index contributed by atoms with van der Waals surface area (Å²) in [4.78, 5) is 36.8. The van der Waals surface area contributed by atoms with Crippen molar-refractivity contribution in [2.24, 2.45) is 0 Å². The summed E-state index contributed by atoms with van der Waals surface area (Å²) in [5, 5.41) is 8.74. The van der Waals surface area contributed by atoms with E-state index in [1.54, 1.807) is 6.07 Å². The summed E-state index contributed by atoms with van der Waals surface area (Å²) < 4.78 is 11.2. The van der Waals surface area contributed by atoms with Crippen LogP contribution in [0.15, 0.2) is 44.9 Å². The van der Waals surface area contributed by atoms with Crippen molar-refractivity contribution in [3.05, 3.63) is 57.4 Å². The van der Waals surface area contributed by atoms with Gasteiger partial charge in [-0.05, 0) is 35.4 Å². The van der Waals surface area contributed by atoms with Crippen LogP contribution in [0.3, 0.4) is 0 Å². The molecule has 0 saturated carbocycles. The van der Waals surface area contributed by atoms with Gasteiger partial charge in [0.1, 0.15) is 0 Å². The van der Waals surface area contributed by atoms with Gasteiger partial charge in [0.2, 0.25) is 0 Å². The topological polar surface area (TPSA) is 103 Å². The molecule has 3 rings (SSSR count). The van der Waals surface area contributed by atoms with Gasteiger partial charge >= 0.3 is 11.7 Å². The lowest BCUT2D eigenvalue weighted by Gasteiger charge is -2.16. The molecule has 1 amide bonds. The van der Waals surface area contributed by atoms with Gasteiger partial charge in [-0.2, -0.15) is 4.68 Å². The van der Waals surface area contributed by atoms with Crippen molar-refractivity contribution in [1.29, 1.82) is 0 Å². The number of thiophene rings is 1. The minimum Gasteiger partial charge on any atom is -0.456 e. The summed E-state index contributed by atoms with van der Waals surface area (Å²) in [5.41, 5.74) is 2.69. The van der Waals surface area contributed by atoms with E-state index in [1.807, 2.05) is 50.4 Å². The van der Waals surface area contributed by atoms with Crippen LogP contribution < -0.4 is 11.1 Å². The molecule has 0 bridgehead atoms. The molecule has 0 aliphatic carbocycles. The average Bonchev–Trinajstić information content (AvgIpc) is 3.36. The van der Waals surface area contributed by atoms with Crippen LogP contribution in [-0.2, 0) is 20.9 Å². The van der Waals surface area contributed by atoms with Crippen LogP contribution >= 0.6 is 11.3 Å². The number of anilines is 1. The maximum absolute atomic E-state index is 12.2. The molecule has 158 valence electrons. The number of hydrogen-bond donors (Lipinski definition) is 1. The summed E-state index contributed by atoms with van der Waals surface area (Å²) in [7, 11) is 0. The fourth-order valence-corrected chi connectivity index (χ4v) is 3.52. The van der Waals surface area contributed by atoms with E-state index in [0.29, 0.717) is 0 Å². The predicted molar refractivity (Wildman–Crippen MR) is 114 cm³/mol. The number of rotatable bonds is 8. The highest BCUT2D eigenvalue weighted by Gasteiger charge is 2.15. The number of nitrogens with one attached hydrogen (secondary N) is 1. The average molecular weight is 429 g/mol. The maximum Gasteiger partial charge on any atom is 0.437 e. The molecule has 30 heavy (non-hydrogen) atoms. The molecule has 3 aromatic rings. The van der Waals surface area contributed by atoms with Crippen LogP contribution in [-0.4, -0.2) is 28.3 Å². The highest BCUT2D eigenvalue weighted by atomic mass is 32.1. The van der Waals surface area contributed by atoms with Gasteiger partial charge in [-0.25, -0.2) is 4.79 Å². The highest BCUT2D eigenvalue weighted by molar-refractivity contribution is 7.13. The lowest BCUT2D eigenvalue weighted by molar-refractivity contribution is -0.147. The number of carbonyl (C=O) groups is 2. The molecule has 0 aliphatic rings. The van der Waals surface area contributed by atoms with Crippen LogP contribution in [0.5, 0.6) is 0 Å². The zero-order valence-corrected chi connectivity index (χ0v) is 17.8. The first kappa shape index (κ1) is 21.5. The van der Waals surface area contributed by atoms with Crippen LogP contribution in [0.2, 0.25) is 0 Å². The van der Waals surface area contributed by atoms with Crippen LogP contribution in [0, 0.1) is 6.92 Å². The lowest BCUT2D eigenvalue weighted by atomic mass is 9.98. The van der Waals surface area contributed by atoms with Crippen LogP contribution in [0.25, 0.3) is 10.8 Å². The van der Waals surface area contributed by atoms with Crippen molar-refractivity contribution in [2.75, 3.05) is 11.9 Å². The Balaban J connectivity index is 1.51. The fraction of sp³-hybridized carbons (Fsp3) is 0.333. The molecule has 9 heteroatoms. The van der Waals surface area contributed by atoms with Crippen molar-refractivity contribution in [1.82, 2.24) is 9.78 Å². The van der Waals surface area contributed by atoms with E-state index in [2.05, 4.69) is 10.4 Å². The third kappa shape index (κ3) is 5.24. The quantitative estimate of drug-likeness (QED) is 0.549. The molecule has 1 aromatic carbocycles. The zero-order valence-electron chi connectivity index (χ0n) is 17.0. The molecule has 0 radical (unpaired) electrons. The van der Waals surface area contributed by atoms with Gasteiger partial charge in [-0.15, -0.1) is 16.4 Å². The first-order chi connectivity index (χ1) is 14.3. The molecule has 1 N–H and O–H groups in total. The second-order valence-corrected chi connectivity index (χ2v) is 7.97. The van der Waals surface area contributed by atoms with E-state index in [-0.39, 0.29) is 24.8 Å². The molecular weight excluding hydrogens is 406 g/mol. The van der Waals surface area contributed by atoms with Gasteiger partial charge in [0.15, 0.2) is 6.61 Å². The Morgan fingerprint density at radius 1 is 1.27 bits per heavy atom. The third-order valence-electron chi connectivity index (χ3n) is 4.42. The first-order valence-corrected chi connectivity index (χ1v) is 10.4. The van der Waals surface area contributed by atoms with E-state index in [9.17, 15) is 14.4 Å². The van der Waals surface area contributed by atoms with Crippen LogP contribution in [0.1, 0.15) is 37.3 Å². The number of aromatic nitrogens is 2. The van der Waals surface area contributed by atoms with E-state index in [4.69, 9.17) is 9.15 Å². The van der Waals surface area contributed by atoms with Crippen molar-refractivity contribution in [2.45, 2.75) is 39.7 Å². The van der Waals surface area contributed by atoms with E-state index >= 15 is 0 Å². The van der Waals surface area contributed by atoms with Gasteiger partial charge in [-0.3, -0.25) is 9.59 Å². The molecule has 0 spiro atoms. The molecular formula is C21H23N3O5S. The molecule has 0 atom stereocenters. The Morgan fingerprint density at radius 2 is 2.07 bits per heavy atom. The zero-order chi connectivity index (χ0) is 21.7. The summed E-state index contributed by atoms with van der Waals surface area (Å²) >= 11 is 1.39. The Labute approximate surface area is 177 Å². The van der Waals surface area contributed by atoms with Crippen molar-refractivity contribution in [3.8, 4) is 10.8 Å². The van der Waals surface area contributed by atoms with Gasteiger partial charge in [0, 0.05) is 5.69 Å². The van der Waals surface area contributed by atoms with Gasteiger partial charge in [-0.1, -0.05) is 38.1 Å². The Bertz CT molecular complexity index is 1080. The second-order valence-electron chi connectivity index (χ2n) is 7.03. The summed E-state index contributed by atoms with van der Waals surface area (Å²) in [6, 6.07) is 9.41. The first-order valence-electron chi connectivity index (χ1n) is 9.52. The number of nitrogens with zero attached hydrogens (tertiary/aromatic N) is 2. The SMILES string of the molecule is Cc1cccc(C(C)C)c1NC(=O)COC(=O)CCn1nc(-c2cccs2)oc1=O. The third-order valence-corrected chi connectivity index (χ3v) is 5.28. The largest absolute Gasteiger partial charge is 0.456 e.